The van der Waals surface area contributed by atoms with Gasteiger partial charge in [-0.25, -0.2) is 4.79 Å². The van der Waals surface area contributed by atoms with E-state index in [0.717, 1.165) is 0 Å². The zero-order valence-corrected chi connectivity index (χ0v) is 9.92. The molecule has 2 heterocycles. The summed E-state index contributed by atoms with van der Waals surface area (Å²) in [6, 6.07) is 0. The highest BCUT2D eigenvalue weighted by atomic mass is 32.7. The van der Waals surface area contributed by atoms with E-state index in [-0.39, 0.29) is 5.78 Å². The molecule has 1 aliphatic heterocycles. The molecule has 2 atom stereocenters. The Morgan fingerprint density at radius 1 is 1.77 bits per heavy atom. The van der Waals surface area contributed by atoms with Crippen LogP contribution >= 0.6 is 26.5 Å². The van der Waals surface area contributed by atoms with Crippen molar-refractivity contribution in [3.63, 3.8) is 0 Å². The molecule has 0 bridgehead atoms. The average Bonchev–Trinajstić information content (AvgIpc) is 2.61. The van der Waals surface area contributed by atoms with Gasteiger partial charge in [-0.05, 0) is 0 Å². The van der Waals surface area contributed by atoms with E-state index in [4.69, 9.17) is 16.4 Å². The summed E-state index contributed by atoms with van der Waals surface area (Å²) in [5, 5.41) is 0. The third kappa shape index (κ3) is 1.37. The first-order chi connectivity index (χ1) is 6.04. The lowest BCUT2D eigenvalue weighted by atomic mass is 10.5. The number of hydrogen-bond donors (Lipinski definition) is 1. The molecule has 0 aromatic carbocycles. The molecule has 0 spiro atoms. The molecule has 68 valence electrons. The van der Waals surface area contributed by atoms with E-state index < -0.39 is 19.9 Å². The summed E-state index contributed by atoms with van der Waals surface area (Å²) in [4.78, 5) is 22.3. The van der Waals surface area contributed by atoms with Crippen molar-refractivity contribution >= 4 is 50.0 Å². The standard InChI is InChI=1S/C5H4NO3P2S2/c1-2(7)3-6-4(10(6)12)5(8)9-11(3)13/h12H,1H3/q+1. The third-order valence-corrected chi connectivity index (χ3v) is 6.13. The quantitative estimate of drug-likeness (QED) is 0.341. The van der Waals surface area contributed by atoms with Gasteiger partial charge in [-0.1, -0.05) is 12.2 Å². The Morgan fingerprint density at radius 2 is 2.38 bits per heavy atom. The van der Waals surface area contributed by atoms with Crippen LogP contribution in [0.25, 0.3) is 0 Å². The summed E-state index contributed by atoms with van der Waals surface area (Å²) < 4.78 is 6.47. The predicted octanol–water partition coefficient (Wildman–Crippen LogP) is 0.436. The normalized spacial score (nSPS) is 19.6. The van der Waals surface area contributed by atoms with Gasteiger partial charge >= 0.3 is 23.8 Å². The fourth-order valence-corrected chi connectivity index (χ4v) is 5.98. The maximum Gasteiger partial charge on any atom is 0.459 e. The molecule has 2 unspecified atom stereocenters. The molecule has 0 N–H and O–H groups in total. The third-order valence-electron chi connectivity index (χ3n) is 1.58. The molecule has 13 heavy (non-hydrogen) atoms. The van der Waals surface area contributed by atoms with Gasteiger partial charge in [-0.3, -0.25) is 8.99 Å². The first kappa shape index (κ1) is 9.66. The highest BCUT2D eigenvalue weighted by molar-refractivity contribution is 8.47. The first-order valence-electron chi connectivity index (χ1n) is 3.27. The first-order valence-corrected chi connectivity index (χ1v) is 7.99. The summed E-state index contributed by atoms with van der Waals surface area (Å²) in [7, 11) is -0.911. The number of aromatic nitrogens is 1. The summed E-state index contributed by atoms with van der Waals surface area (Å²) in [5.41, 5.74) is 0.514. The molecule has 1 aromatic rings. The van der Waals surface area contributed by atoms with E-state index in [0.29, 0.717) is 10.9 Å². The molecule has 1 aliphatic rings. The molecule has 0 saturated carbocycles. The monoisotopic (exact) mass is 252 g/mol. The number of nitrogens with zero attached hydrogens (tertiary/aromatic N) is 1. The summed E-state index contributed by atoms with van der Waals surface area (Å²) in [5.74, 6) is -0.134. The van der Waals surface area contributed by atoms with E-state index in [9.17, 15) is 9.59 Å². The Balaban J connectivity index is 2.75. The van der Waals surface area contributed by atoms with Crippen LogP contribution in [-0.4, -0.2) is 5.78 Å². The van der Waals surface area contributed by atoms with Crippen molar-refractivity contribution in [2.75, 3.05) is 0 Å². The lowest BCUT2D eigenvalue weighted by Crippen LogP contribution is -2.30. The van der Waals surface area contributed by atoms with Crippen LogP contribution in [0.15, 0.2) is 8.99 Å². The molecule has 0 amide bonds. The molecule has 0 saturated heterocycles. The van der Waals surface area contributed by atoms with Crippen LogP contribution in [0.5, 0.6) is 0 Å². The van der Waals surface area contributed by atoms with Crippen molar-refractivity contribution in [2.45, 2.75) is 6.92 Å². The second-order valence-electron chi connectivity index (χ2n) is 2.44. The maximum absolute atomic E-state index is 11.1. The van der Waals surface area contributed by atoms with Crippen molar-refractivity contribution in [1.29, 1.82) is 0 Å². The van der Waals surface area contributed by atoms with Gasteiger partial charge in [-0.2, -0.15) is 0 Å². The van der Waals surface area contributed by atoms with Crippen LogP contribution < -0.4 is 15.4 Å². The van der Waals surface area contributed by atoms with Gasteiger partial charge in [0.1, 0.15) is 0 Å². The van der Waals surface area contributed by atoms with Gasteiger partial charge in [0.15, 0.2) is 0 Å². The molecule has 4 nitrogen and oxygen atoms in total. The number of hydrogen-bond acceptors (Lipinski definition) is 5. The van der Waals surface area contributed by atoms with Crippen LogP contribution in [0, 0.1) is 0 Å². The van der Waals surface area contributed by atoms with Gasteiger partial charge < -0.3 is 12.2 Å². The van der Waals surface area contributed by atoms with Crippen LogP contribution in [0.3, 0.4) is 0 Å². The number of carbonyl (C=O) groups excluding carboxylic acids is 1. The van der Waals surface area contributed by atoms with Crippen LogP contribution in [-0.2, 0) is 12.2 Å². The van der Waals surface area contributed by atoms with Gasteiger partial charge in [0, 0.05) is 6.92 Å². The van der Waals surface area contributed by atoms with Crippen LogP contribution in [0.1, 0.15) is 17.1 Å². The Hall–Kier alpha value is 0.110. The molecular weight excluding hydrogens is 248 g/mol. The predicted molar refractivity (Wildman–Crippen MR) is 56.0 cm³/mol. The summed E-state index contributed by atoms with van der Waals surface area (Å²) in [6.07, 6.45) is 0. The smallest absolute Gasteiger partial charge is 0.438 e. The molecule has 8 heteroatoms. The van der Waals surface area contributed by atoms with E-state index in [2.05, 4.69) is 12.2 Å². The highest BCUT2D eigenvalue weighted by Gasteiger charge is 2.58. The average molecular weight is 252 g/mol. The number of rotatable bonds is 1. The zero-order chi connectivity index (χ0) is 9.75. The number of Topliss-reactive ketones (excluding diaryl/α,β-unsaturated/α-hetero) is 1. The van der Waals surface area contributed by atoms with Crippen molar-refractivity contribution < 1.29 is 13.3 Å². The number of ketones is 1. The lowest BCUT2D eigenvalue weighted by molar-refractivity contribution is -0.435. The minimum Gasteiger partial charge on any atom is -0.438 e. The van der Waals surface area contributed by atoms with Crippen molar-refractivity contribution in [2.24, 2.45) is 0 Å². The largest absolute Gasteiger partial charge is 0.459 e. The van der Waals surface area contributed by atoms with Crippen LogP contribution in [0.4, 0.5) is 0 Å². The summed E-state index contributed by atoms with van der Waals surface area (Å²) in [6.45, 7) is -0.0652. The minimum atomic E-state index is -1.48. The number of carbonyl (C=O) groups is 1. The minimum absolute atomic E-state index is 0.134. The van der Waals surface area contributed by atoms with Crippen molar-refractivity contribution in [3.8, 4) is 0 Å². The second kappa shape index (κ2) is 3.06. The molecule has 0 radical (unpaired) electrons. The highest BCUT2D eigenvalue weighted by Crippen LogP contribution is 2.45. The Morgan fingerprint density at radius 3 is 2.92 bits per heavy atom. The Bertz CT molecular complexity index is 472. The van der Waals surface area contributed by atoms with Gasteiger partial charge in [0.05, 0.1) is 0 Å². The molecular formula is C5H4NO3P2S2+. The lowest BCUT2D eigenvalue weighted by Gasteiger charge is -1.84. The van der Waals surface area contributed by atoms with Gasteiger partial charge in [0.25, 0.3) is 12.8 Å². The molecule has 1 aromatic heterocycles. The fraction of sp³-hybridized carbons (Fsp3) is 0.200. The Kier molecular flexibility index (Phi) is 2.27. The van der Waals surface area contributed by atoms with E-state index in [1.807, 2.05) is 0 Å². The molecule has 0 aliphatic carbocycles. The summed E-state index contributed by atoms with van der Waals surface area (Å²) >= 11 is 9.07. The van der Waals surface area contributed by atoms with Gasteiger partial charge in [-0.15, -0.1) is 4.34 Å². The van der Waals surface area contributed by atoms with E-state index >= 15 is 0 Å². The van der Waals surface area contributed by atoms with E-state index in [1.54, 1.807) is 4.34 Å². The molecule has 2 rings (SSSR count). The number of thiol groups is 1. The van der Waals surface area contributed by atoms with E-state index in [1.165, 1.54) is 6.92 Å². The maximum atomic E-state index is 11.1. The van der Waals surface area contributed by atoms with Gasteiger partial charge in [0.2, 0.25) is 0 Å². The fourth-order valence-electron chi connectivity index (χ4n) is 1.01. The Labute approximate surface area is 86.2 Å². The SMILES string of the molecule is CC(=O)c1[n+]2c(c(=O)o[p+]1[S-])P2S. The second-order valence-corrected chi connectivity index (χ2v) is 7.09. The zero-order valence-electron chi connectivity index (χ0n) is 6.42. The molecule has 0 fully saturated rings. The van der Waals surface area contributed by atoms with Crippen molar-refractivity contribution in [1.82, 2.24) is 0 Å². The topological polar surface area (TPSA) is 51.2 Å². The van der Waals surface area contributed by atoms with Crippen molar-refractivity contribution in [3.05, 3.63) is 15.8 Å². The number of fused-ring (bicyclic) bond motifs is 1. The van der Waals surface area contributed by atoms with Crippen LogP contribution in [0.2, 0.25) is 0 Å².